The normalized spacial score (nSPS) is 17.5. The van der Waals surface area contributed by atoms with Crippen molar-refractivity contribution in [2.75, 3.05) is 32.7 Å². The first kappa shape index (κ1) is 19.1. The number of nitrogens with one attached hydrogen (secondary N) is 1. The van der Waals surface area contributed by atoms with E-state index >= 15 is 0 Å². The average Bonchev–Trinajstić information content (AvgIpc) is 2.61. The van der Waals surface area contributed by atoms with Gasteiger partial charge in [-0.25, -0.2) is 8.42 Å². The van der Waals surface area contributed by atoms with Crippen molar-refractivity contribution in [2.45, 2.75) is 38.0 Å². The van der Waals surface area contributed by atoms with Crippen molar-refractivity contribution in [1.29, 1.82) is 0 Å². The monoisotopic (exact) mass is 369 g/mol. The Morgan fingerprint density at radius 1 is 1.17 bits per heavy atom. The summed E-state index contributed by atoms with van der Waals surface area (Å²) >= 11 is 5.30. The van der Waals surface area contributed by atoms with Crippen molar-refractivity contribution in [3.63, 3.8) is 0 Å². The van der Waals surface area contributed by atoms with Gasteiger partial charge in [0.15, 0.2) is 5.11 Å². The van der Waals surface area contributed by atoms with Gasteiger partial charge in [-0.2, -0.15) is 4.31 Å². The zero-order chi connectivity index (χ0) is 17.7. The fraction of sp³-hybridized carbons (Fsp3) is 0.588. The first-order valence-electron chi connectivity index (χ1n) is 8.53. The molecule has 1 atom stereocenters. The third-order valence-electron chi connectivity index (χ3n) is 4.55. The first-order chi connectivity index (χ1) is 11.4. The van der Waals surface area contributed by atoms with Crippen molar-refractivity contribution in [3.8, 4) is 0 Å². The molecule has 1 aliphatic heterocycles. The molecule has 24 heavy (non-hydrogen) atoms. The molecule has 1 aliphatic rings. The average molecular weight is 370 g/mol. The molecule has 1 aromatic carbocycles. The lowest BCUT2D eigenvalue weighted by Crippen LogP contribution is -2.52. The van der Waals surface area contributed by atoms with Crippen LogP contribution in [0.4, 0.5) is 0 Å². The first-order valence-corrected chi connectivity index (χ1v) is 10.4. The fourth-order valence-corrected chi connectivity index (χ4v) is 4.50. The number of benzene rings is 1. The van der Waals surface area contributed by atoms with Crippen LogP contribution < -0.4 is 5.32 Å². The molecule has 1 aromatic rings. The zero-order valence-electron chi connectivity index (χ0n) is 14.7. The standard InChI is InChI=1S/C17H27N3O2S2/c1-4-14(3)15-6-8-16(9-7-15)24(21,22)20-12-10-19(11-13-20)17(23)18-5-2/h6-9,14H,4-5,10-13H2,1-3H3,(H,18,23)/t14-/m1/s1. The van der Waals surface area contributed by atoms with Gasteiger partial charge in [-0.3, -0.25) is 0 Å². The van der Waals surface area contributed by atoms with E-state index in [4.69, 9.17) is 12.2 Å². The zero-order valence-corrected chi connectivity index (χ0v) is 16.3. The number of hydrogen-bond donors (Lipinski definition) is 1. The van der Waals surface area contributed by atoms with Gasteiger partial charge in [-0.15, -0.1) is 0 Å². The summed E-state index contributed by atoms with van der Waals surface area (Å²) in [5.41, 5.74) is 1.18. The molecular weight excluding hydrogens is 342 g/mol. The maximum absolute atomic E-state index is 12.8. The van der Waals surface area contributed by atoms with Crippen molar-refractivity contribution in [1.82, 2.24) is 14.5 Å². The number of rotatable bonds is 5. The second-order valence-corrected chi connectivity index (χ2v) is 8.43. The highest BCUT2D eigenvalue weighted by atomic mass is 32.2. The molecule has 0 saturated carbocycles. The summed E-state index contributed by atoms with van der Waals surface area (Å²) in [6.45, 7) is 9.21. The SMILES string of the molecule is CCNC(=S)N1CCN(S(=O)(=O)c2ccc([C@H](C)CC)cc2)CC1. The maximum Gasteiger partial charge on any atom is 0.243 e. The van der Waals surface area contributed by atoms with Crippen LogP contribution in [0.15, 0.2) is 29.2 Å². The lowest BCUT2D eigenvalue weighted by Gasteiger charge is -2.35. The molecule has 0 aromatic heterocycles. The molecule has 1 fully saturated rings. The summed E-state index contributed by atoms with van der Waals surface area (Å²) in [6, 6.07) is 7.31. The van der Waals surface area contributed by atoms with Crippen LogP contribution in [0.25, 0.3) is 0 Å². The van der Waals surface area contributed by atoms with E-state index in [0.29, 0.717) is 42.1 Å². The molecule has 1 heterocycles. The smallest absolute Gasteiger partial charge is 0.243 e. The minimum absolute atomic E-state index is 0.372. The van der Waals surface area contributed by atoms with E-state index in [2.05, 4.69) is 19.2 Å². The summed E-state index contributed by atoms with van der Waals surface area (Å²) in [4.78, 5) is 2.40. The molecule has 0 aliphatic carbocycles. The van der Waals surface area contributed by atoms with E-state index in [0.717, 1.165) is 13.0 Å². The Morgan fingerprint density at radius 3 is 2.25 bits per heavy atom. The topological polar surface area (TPSA) is 52.6 Å². The molecule has 2 rings (SSSR count). The summed E-state index contributed by atoms with van der Waals surface area (Å²) in [6.07, 6.45) is 1.04. The minimum Gasteiger partial charge on any atom is -0.363 e. The predicted octanol–water partition coefficient (Wildman–Crippen LogP) is 2.40. The summed E-state index contributed by atoms with van der Waals surface area (Å²) in [5.74, 6) is 0.442. The summed E-state index contributed by atoms with van der Waals surface area (Å²) in [7, 11) is -3.43. The van der Waals surface area contributed by atoms with Gasteiger partial charge in [-0.1, -0.05) is 26.0 Å². The Bertz CT molecular complexity index is 651. The van der Waals surface area contributed by atoms with Crippen molar-refractivity contribution in [2.24, 2.45) is 0 Å². The van der Waals surface area contributed by atoms with Gasteiger partial charge in [0.05, 0.1) is 4.90 Å². The second-order valence-electron chi connectivity index (χ2n) is 6.10. The Labute approximate surface area is 151 Å². The van der Waals surface area contributed by atoms with Crippen LogP contribution in [-0.4, -0.2) is 55.5 Å². The molecule has 7 heteroatoms. The van der Waals surface area contributed by atoms with Gasteiger partial charge >= 0.3 is 0 Å². The summed E-state index contributed by atoms with van der Waals surface area (Å²) in [5, 5.41) is 3.81. The van der Waals surface area contributed by atoms with Crippen LogP contribution in [0.1, 0.15) is 38.7 Å². The van der Waals surface area contributed by atoms with Gasteiger partial charge < -0.3 is 10.2 Å². The third kappa shape index (κ3) is 4.26. The minimum atomic E-state index is -3.43. The maximum atomic E-state index is 12.8. The van der Waals surface area contributed by atoms with E-state index in [1.165, 1.54) is 5.56 Å². The van der Waals surface area contributed by atoms with Crippen LogP contribution in [0.5, 0.6) is 0 Å². The van der Waals surface area contributed by atoms with Gasteiger partial charge in [0.2, 0.25) is 10.0 Å². The van der Waals surface area contributed by atoms with E-state index in [9.17, 15) is 8.42 Å². The van der Waals surface area contributed by atoms with Crippen LogP contribution >= 0.6 is 12.2 Å². The Hall–Kier alpha value is -1.18. The van der Waals surface area contributed by atoms with Crippen LogP contribution in [0.3, 0.4) is 0 Å². The van der Waals surface area contributed by atoms with E-state index < -0.39 is 10.0 Å². The molecule has 0 radical (unpaired) electrons. The van der Waals surface area contributed by atoms with E-state index in [-0.39, 0.29) is 0 Å². The van der Waals surface area contributed by atoms with Crippen molar-refractivity contribution >= 4 is 27.4 Å². The molecule has 0 amide bonds. The highest BCUT2D eigenvalue weighted by Gasteiger charge is 2.29. The molecular formula is C17H27N3O2S2. The Balaban J connectivity index is 2.05. The molecule has 1 N–H and O–H groups in total. The van der Waals surface area contributed by atoms with Gasteiger partial charge in [0.1, 0.15) is 0 Å². The lowest BCUT2D eigenvalue weighted by molar-refractivity contribution is 0.264. The molecule has 0 unspecified atom stereocenters. The Morgan fingerprint density at radius 2 is 1.75 bits per heavy atom. The van der Waals surface area contributed by atoms with Crippen LogP contribution in [0, 0.1) is 0 Å². The third-order valence-corrected chi connectivity index (χ3v) is 6.87. The van der Waals surface area contributed by atoms with Gasteiger partial charge in [0, 0.05) is 32.7 Å². The molecule has 5 nitrogen and oxygen atoms in total. The number of piperazine rings is 1. The largest absolute Gasteiger partial charge is 0.363 e. The van der Waals surface area contributed by atoms with Crippen molar-refractivity contribution < 1.29 is 8.42 Å². The highest BCUT2D eigenvalue weighted by Crippen LogP contribution is 2.23. The number of thiocarbonyl (C=S) groups is 1. The molecule has 134 valence electrons. The van der Waals surface area contributed by atoms with E-state index in [1.54, 1.807) is 16.4 Å². The van der Waals surface area contributed by atoms with Gasteiger partial charge in [0.25, 0.3) is 0 Å². The van der Waals surface area contributed by atoms with Crippen molar-refractivity contribution in [3.05, 3.63) is 29.8 Å². The number of sulfonamides is 1. The predicted molar refractivity (Wildman–Crippen MR) is 102 cm³/mol. The second kappa shape index (κ2) is 8.27. The number of nitrogens with zero attached hydrogens (tertiary/aromatic N) is 2. The summed E-state index contributed by atoms with van der Waals surface area (Å²) < 4.78 is 27.2. The van der Waals surface area contributed by atoms with E-state index in [1.807, 2.05) is 24.0 Å². The molecule has 1 saturated heterocycles. The van der Waals surface area contributed by atoms with Gasteiger partial charge in [-0.05, 0) is 49.2 Å². The highest BCUT2D eigenvalue weighted by molar-refractivity contribution is 7.89. The van der Waals surface area contributed by atoms with Crippen LogP contribution in [-0.2, 0) is 10.0 Å². The molecule has 0 bridgehead atoms. The lowest BCUT2D eigenvalue weighted by atomic mass is 9.99. The number of hydrogen-bond acceptors (Lipinski definition) is 3. The van der Waals surface area contributed by atoms with Crippen LogP contribution in [0.2, 0.25) is 0 Å². The fourth-order valence-electron chi connectivity index (χ4n) is 2.75. The Kier molecular flexibility index (Phi) is 6.60. The molecule has 0 spiro atoms. The quantitative estimate of drug-likeness (QED) is 0.808.